The summed E-state index contributed by atoms with van der Waals surface area (Å²) in [7, 11) is 0. The lowest BCUT2D eigenvalue weighted by Crippen LogP contribution is -2.24. The summed E-state index contributed by atoms with van der Waals surface area (Å²) in [5.74, 6) is 1.15. The van der Waals surface area contributed by atoms with Gasteiger partial charge < -0.3 is 9.13 Å². The van der Waals surface area contributed by atoms with Crippen molar-refractivity contribution in [3.8, 4) is 44.8 Å². The third kappa shape index (κ3) is 5.19. The number of benzene rings is 10. The van der Waals surface area contributed by atoms with Crippen LogP contribution in [0.4, 0.5) is 0 Å². The summed E-state index contributed by atoms with van der Waals surface area (Å²) in [6, 6.07) is 73.0. The van der Waals surface area contributed by atoms with E-state index in [1.807, 2.05) is 0 Å². The maximum atomic E-state index is 2.61. The van der Waals surface area contributed by atoms with Crippen LogP contribution < -0.4 is 0 Å². The van der Waals surface area contributed by atoms with E-state index in [1.54, 1.807) is 0 Å². The fourth-order valence-electron chi connectivity index (χ4n) is 12.4. The molecule has 10 aromatic carbocycles. The van der Waals surface area contributed by atoms with Crippen molar-refractivity contribution in [2.24, 2.45) is 0 Å². The molecule has 0 aliphatic heterocycles. The lowest BCUT2D eigenvalue weighted by atomic mass is 9.62. The first kappa shape index (κ1) is 37.7. The number of nitrogens with zero attached hydrogens (tertiary/aromatic N) is 2. The second kappa shape index (κ2) is 13.9. The fourth-order valence-corrected chi connectivity index (χ4v) is 12.4. The van der Waals surface area contributed by atoms with E-state index in [9.17, 15) is 0 Å². The Morgan fingerprint density at radius 3 is 1.09 bits per heavy atom. The maximum Gasteiger partial charge on any atom is 0.0582 e. The van der Waals surface area contributed by atoms with Crippen LogP contribution in [0.1, 0.15) is 73.6 Å². The van der Waals surface area contributed by atoms with E-state index < -0.39 is 0 Å². The molecule has 0 amide bonds. The molecule has 0 spiro atoms. The fraction of sp³-hybridized carbons (Fsp3) is 0.125. The molecule has 4 unspecified atom stereocenters. The van der Waals surface area contributed by atoms with Crippen LogP contribution in [0.2, 0.25) is 0 Å². The Morgan fingerprint density at radius 1 is 0.303 bits per heavy atom. The molecule has 0 N–H and O–H groups in total. The summed E-state index contributed by atoms with van der Waals surface area (Å²) >= 11 is 0. The van der Waals surface area contributed by atoms with Crippen molar-refractivity contribution >= 4 is 65.2 Å². The molecule has 2 aromatic heterocycles. The summed E-state index contributed by atoms with van der Waals surface area (Å²) in [6.07, 6.45) is 0. The molecule has 14 rings (SSSR count). The van der Waals surface area contributed by atoms with Crippen molar-refractivity contribution in [3.63, 3.8) is 0 Å². The Hall–Kier alpha value is -7.68. The number of rotatable bonds is 4. The predicted octanol–water partition coefficient (Wildman–Crippen LogP) is 17.6. The first-order valence-electron chi connectivity index (χ1n) is 23.8. The van der Waals surface area contributed by atoms with E-state index >= 15 is 0 Å². The lowest BCUT2D eigenvalue weighted by molar-refractivity contribution is 0.584. The minimum Gasteiger partial charge on any atom is -0.309 e. The van der Waals surface area contributed by atoms with E-state index in [0.29, 0.717) is 11.8 Å². The third-order valence-corrected chi connectivity index (χ3v) is 16.1. The first-order valence-corrected chi connectivity index (χ1v) is 23.8. The number of hydrogen-bond acceptors (Lipinski definition) is 0. The molecule has 314 valence electrons. The molecule has 0 saturated heterocycles. The van der Waals surface area contributed by atoms with Crippen LogP contribution in [-0.2, 0) is 0 Å². The zero-order valence-corrected chi connectivity index (χ0v) is 37.7. The van der Waals surface area contributed by atoms with Gasteiger partial charge in [0.2, 0.25) is 0 Å². The number of aromatic nitrogens is 2. The smallest absolute Gasteiger partial charge is 0.0582 e. The zero-order valence-electron chi connectivity index (χ0n) is 37.7. The minimum absolute atomic E-state index is 0.246. The van der Waals surface area contributed by atoms with Crippen LogP contribution >= 0.6 is 0 Å². The molecule has 2 nitrogen and oxygen atoms in total. The first-order chi connectivity index (χ1) is 32.4. The predicted molar refractivity (Wildman–Crippen MR) is 280 cm³/mol. The van der Waals surface area contributed by atoms with Crippen molar-refractivity contribution in [1.82, 2.24) is 9.13 Å². The average molecular weight is 845 g/mol. The van der Waals surface area contributed by atoms with Crippen molar-refractivity contribution in [2.75, 3.05) is 0 Å². The quantitative estimate of drug-likeness (QED) is 0.167. The van der Waals surface area contributed by atoms with E-state index in [4.69, 9.17) is 0 Å². The number of para-hydroxylation sites is 2. The van der Waals surface area contributed by atoms with Gasteiger partial charge >= 0.3 is 0 Å². The SMILES string of the molecule is CC1c2cc3c4cc(-c5ccc6ccccc6c5)ccc4n(-c4ccccc4)c3c3c2-c2c(cc4c5cc(-c6ccc7ccccc7c6)ccc5n(-c5ccccc5)c4c2C(C)C3C)C1C. The van der Waals surface area contributed by atoms with Gasteiger partial charge in [-0.3, -0.25) is 0 Å². The van der Waals surface area contributed by atoms with Gasteiger partial charge in [-0.15, -0.1) is 0 Å². The van der Waals surface area contributed by atoms with Gasteiger partial charge in [0.15, 0.2) is 0 Å². The monoisotopic (exact) mass is 844 g/mol. The second-order valence-corrected chi connectivity index (χ2v) is 19.4. The van der Waals surface area contributed by atoms with Gasteiger partial charge in [-0.25, -0.2) is 0 Å². The topological polar surface area (TPSA) is 9.86 Å². The molecule has 2 aliphatic rings. The van der Waals surface area contributed by atoms with Gasteiger partial charge in [-0.05, 0) is 174 Å². The molecular formula is C64H48N2. The van der Waals surface area contributed by atoms with E-state index in [2.05, 4.69) is 231 Å². The summed E-state index contributed by atoms with van der Waals surface area (Å²) in [6.45, 7) is 10.0. The van der Waals surface area contributed by atoms with Crippen LogP contribution in [0.3, 0.4) is 0 Å². The Labute approximate surface area is 385 Å². The van der Waals surface area contributed by atoms with Gasteiger partial charge in [-0.1, -0.05) is 149 Å². The number of fused-ring (bicyclic) bond motifs is 10. The van der Waals surface area contributed by atoms with Crippen molar-refractivity contribution in [3.05, 3.63) is 216 Å². The molecule has 12 aromatic rings. The highest BCUT2D eigenvalue weighted by Gasteiger charge is 2.42. The second-order valence-electron chi connectivity index (χ2n) is 19.4. The van der Waals surface area contributed by atoms with Crippen LogP contribution in [0.15, 0.2) is 194 Å². The van der Waals surface area contributed by atoms with Crippen molar-refractivity contribution in [1.29, 1.82) is 0 Å². The summed E-state index contributed by atoms with van der Waals surface area (Å²) in [5, 5.41) is 10.4. The normalized spacial score (nSPS) is 17.7. The highest BCUT2D eigenvalue weighted by atomic mass is 15.0. The van der Waals surface area contributed by atoms with Crippen molar-refractivity contribution in [2.45, 2.75) is 51.4 Å². The molecule has 2 aliphatic carbocycles. The van der Waals surface area contributed by atoms with E-state index in [-0.39, 0.29) is 11.8 Å². The number of hydrogen-bond donors (Lipinski definition) is 0. The molecule has 2 heterocycles. The maximum absolute atomic E-state index is 2.61. The summed E-state index contributed by atoms with van der Waals surface area (Å²) < 4.78 is 5.18. The third-order valence-electron chi connectivity index (χ3n) is 16.1. The standard InChI is InChI=1S/C64H48N2/c1-37-38(2)52-36-56-54-34-48(46-26-24-42-16-12-14-18-44(42)32-46)28-30-58(54)66(50-21-9-6-10-22-50)64(56)60-40(4)39(3)59-61(62(52)60)51(37)35-55-53-33-47(45-25-23-41-15-11-13-17-43(41)31-45)27-29-57(53)65(63(55)59)49-19-7-5-8-20-49/h5-40H,1-4H3. The Kier molecular flexibility index (Phi) is 7.94. The lowest BCUT2D eigenvalue weighted by Gasteiger charge is -2.42. The summed E-state index contributed by atoms with van der Waals surface area (Å²) in [4.78, 5) is 0. The highest BCUT2D eigenvalue weighted by molar-refractivity contribution is 6.17. The Morgan fingerprint density at radius 2 is 0.667 bits per heavy atom. The molecular weight excluding hydrogens is 797 g/mol. The summed E-state index contributed by atoms with van der Waals surface area (Å²) in [5.41, 5.74) is 21.6. The molecule has 66 heavy (non-hydrogen) atoms. The largest absolute Gasteiger partial charge is 0.309 e. The van der Waals surface area contributed by atoms with Gasteiger partial charge in [0, 0.05) is 32.9 Å². The van der Waals surface area contributed by atoms with Crippen LogP contribution in [-0.4, -0.2) is 9.13 Å². The van der Waals surface area contributed by atoms with Crippen molar-refractivity contribution < 1.29 is 0 Å². The van der Waals surface area contributed by atoms with Gasteiger partial charge in [-0.2, -0.15) is 0 Å². The van der Waals surface area contributed by atoms with Crippen LogP contribution in [0.25, 0.3) is 110 Å². The zero-order chi connectivity index (χ0) is 43.9. The molecule has 2 heteroatoms. The highest BCUT2D eigenvalue weighted by Crippen LogP contribution is 2.61. The van der Waals surface area contributed by atoms with Gasteiger partial charge in [0.25, 0.3) is 0 Å². The molecule has 0 bridgehead atoms. The molecule has 0 saturated carbocycles. The van der Waals surface area contributed by atoms with Gasteiger partial charge in [0.05, 0.1) is 22.1 Å². The Balaban J connectivity index is 1.08. The van der Waals surface area contributed by atoms with E-state index in [0.717, 1.165) is 0 Å². The minimum atomic E-state index is 0.246. The van der Waals surface area contributed by atoms with Crippen LogP contribution in [0, 0.1) is 0 Å². The average Bonchev–Trinajstić information content (AvgIpc) is 3.88. The van der Waals surface area contributed by atoms with Gasteiger partial charge in [0.1, 0.15) is 0 Å². The molecule has 4 atom stereocenters. The van der Waals surface area contributed by atoms with E-state index in [1.165, 1.54) is 132 Å². The Bertz CT molecular complexity index is 3730. The molecule has 0 radical (unpaired) electrons. The molecule has 0 fully saturated rings. The van der Waals surface area contributed by atoms with Crippen LogP contribution in [0.5, 0.6) is 0 Å².